The molecule has 0 unspecified atom stereocenters. The molecule has 2 rings (SSSR count). The smallest absolute Gasteiger partial charge is 0.259 e. The standard InChI is InChI=1S/C22H23N3O5/c1-4-12-30-19-11-10-16(13-20(19)29-5-2)14-24-25-21(26)15-23-22(27)17-8-6-7-9-18(17)28-3/h1,6-11,13-14H,5,12,15H2,2-3H3,(H,23,27)(H,25,26). The number of carbonyl (C=O) groups is 2. The normalized spacial score (nSPS) is 10.2. The third kappa shape index (κ3) is 6.56. The molecule has 0 bridgehead atoms. The van der Waals surface area contributed by atoms with Gasteiger partial charge in [0.05, 0.1) is 32.0 Å². The third-order valence-electron chi connectivity index (χ3n) is 3.74. The van der Waals surface area contributed by atoms with Crippen LogP contribution in [0.2, 0.25) is 0 Å². The predicted molar refractivity (Wildman–Crippen MR) is 113 cm³/mol. The number of rotatable bonds is 10. The van der Waals surface area contributed by atoms with E-state index < -0.39 is 11.8 Å². The summed E-state index contributed by atoms with van der Waals surface area (Å²) >= 11 is 0. The van der Waals surface area contributed by atoms with Crippen molar-refractivity contribution in [2.45, 2.75) is 6.92 Å². The number of para-hydroxylation sites is 1. The highest BCUT2D eigenvalue weighted by Crippen LogP contribution is 2.28. The van der Waals surface area contributed by atoms with E-state index in [9.17, 15) is 9.59 Å². The van der Waals surface area contributed by atoms with Crippen LogP contribution in [0.1, 0.15) is 22.8 Å². The molecule has 2 aromatic rings. The highest BCUT2D eigenvalue weighted by Gasteiger charge is 2.12. The van der Waals surface area contributed by atoms with Gasteiger partial charge in [-0.1, -0.05) is 18.1 Å². The van der Waals surface area contributed by atoms with Crippen LogP contribution in [0.5, 0.6) is 17.2 Å². The maximum atomic E-state index is 12.2. The molecule has 0 saturated carbocycles. The van der Waals surface area contributed by atoms with Crippen molar-refractivity contribution < 1.29 is 23.8 Å². The molecule has 30 heavy (non-hydrogen) atoms. The number of benzene rings is 2. The van der Waals surface area contributed by atoms with E-state index in [1.807, 2.05) is 6.92 Å². The molecule has 8 heteroatoms. The van der Waals surface area contributed by atoms with Gasteiger partial charge >= 0.3 is 0 Å². The fraction of sp³-hybridized carbons (Fsp3) is 0.227. The zero-order valence-corrected chi connectivity index (χ0v) is 16.8. The number of hydrogen-bond donors (Lipinski definition) is 2. The molecule has 0 radical (unpaired) electrons. The summed E-state index contributed by atoms with van der Waals surface area (Å²) in [6.45, 7) is 2.20. The summed E-state index contributed by atoms with van der Waals surface area (Å²) in [5.41, 5.74) is 3.38. The first-order valence-electron chi connectivity index (χ1n) is 9.15. The molecule has 2 N–H and O–H groups in total. The summed E-state index contributed by atoms with van der Waals surface area (Å²) < 4.78 is 16.1. The number of carbonyl (C=O) groups excluding carboxylic acids is 2. The van der Waals surface area contributed by atoms with Gasteiger partial charge in [0, 0.05) is 0 Å². The lowest BCUT2D eigenvalue weighted by atomic mass is 10.2. The van der Waals surface area contributed by atoms with Gasteiger partial charge < -0.3 is 19.5 Å². The lowest BCUT2D eigenvalue weighted by Gasteiger charge is -2.10. The van der Waals surface area contributed by atoms with E-state index in [4.69, 9.17) is 20.6 Å². The zero-order valence-electron chi connectivity index (χ0n) is 16.8. The summed E-state index contributed by atoms with van der Waals surface area (Å²) in [5.74, 6) is 2.96. The van der Waals surface area contributed by atoms with Gasteiger partial charge in [0.15, 0.2) is 11.5 Å². The van der Waals surface area contributed by atoms with Gasteiger partial charge in [-0.25, -0.2) is 5.43 Å². The van der Waals surface area contributed by atoms with Crippen LogP contribution in [0.25, 0.3) is 0 Å². The molecule has 156 valence electrons. The van der Waals surface area contributed by atoms with Crippen molar-refractivity contribution in [3.8, 4) is 29.6 Å². The monoisotopic (exact) mass is 409 g/mol. The van der Waals surface area contributed by atoms with Crippen LogP contribution in [0.15, 0.2) is 47.6 Å². The second-order valence-corrected chi connectivity index (χ2v) is 5.81. The van der Waals surface area contributed by atoms with Gasteiger partial charge in [0.1, 0.15) is 12.4 Å². The van der Waals surface area contributed by atoms with Gasteiger partial charge in [-0.15, -0.1) is 6.42 Å². The van der Waals surface area contributed by atoms with Crippen molar-refractivity contribution in [3.63, 3.8) is 0 Å². The molecule has 0 aliphatic carbocycles. The Labute approximate surface area is 175 Å². The second-order valence-electron chi connectivity index (χ2n) is 5.81. The molecule has 0 aliphatic heterocycles. The Morgan fingerprint density at radius 2 is 1.93 bits per heavy atom. The van der Waals surface area contributed by atoms with Crippen LogP contribution in [0, 0.1) is 12.3 Å². The molecule has 0 aromatic heterocycles. The molecule has 8 nitrogen and oxygen atoms in total. The fourth-order valence-electron chi connectivity index (χ4n) is 2.42. The van der Waals surface area contributed by atoms with Crippen LogP contribution < -0.4 is 25.0 Å². The number of hydrazone groups is 1. The molecular weight excluding hydrogens is 386 g/mol. The molecule has 2 amide bonds. The largest absolute Gasteiger partial charge is 0.496 e. The van der Waals surface area contributed by atoms with Crippen LogP contribution >= 0.6 is 0 Å². The fourth-order valence-corrected chi connectivity index (χ4v) is 2.42. The van der Waals surface area contributed by atoms with Crippen molar-refractivity contribution in [1.29, 1.82) is 0 Å². The Morgan fingerprint density at radius 1 is 1.13 bits per heavy atom. The second kappa shape index (κ2) is 11.8. The van der Waals surface area contributed by atoms with E-state index in [2.05, 4.69) is 21.8 Å². The minimum absolute atomic E-state index is 0.129. The summed E-state index contributed by atoms with van der Waals surface area (Å²) in [7, 11) is 1.47. The maximum Gasteiger partial charge on any atom is 0.259 e. The van der Waals surface area contributed by atoms with Crippen LogP contribution in [0.4, 0.5) is 0 Å². The van der Waals surface area contributed by atoms with Crippen molar-refractivity contribution in [3.05, 3.63) is 53.6 Å². The number of methoxy groups -OCH3 is 1. The van der Waals surface area contributed by atoms with Gasteiger partial charge in [0.25, 0.3) is 11.8 Å². The summed E-state index contributed by atoms with van der Waals surface area (Å²) in [6, 6.07) is 11.9. The van der Waals surface area contributed by atoms with Gasteiger partial charge in [-0.3, -0.25) is 9.59 Å². The number of amides is 2. The van der Waals surface area contributed by atoms with Crippen LogP contribution in [-0.4, -0.2) is 44.9 Å². The number of nitrogens with zero attached hydrogens (tertiary/aromatic N) is 1. The third-order valence-corrected chi connectivity index (χ3v) is 3.74. The zero-order chi connectivity index (χ0) is 21.8. The van der Waals surface area contributed by atoms with Crippen molar-refractivity contribution >= 4 is 18.0 Å². The SMILES string of the molecule is C#CCOc1ccc(C=NNC(=O)CNC(=O)c2ccccc2OC)cc1OCC. The van der Waals surface area contributed by atoms with E-state index in [1.165, 1.54) is 13.3 Å². The van der Waals surface area contributed by atoms with Gasteiger partial charge in [-0.05, 0) is 42.8 Å². The Kier molecular flexibility index (Phi) is 8.74. The van der Waals surface area contributed by atoms with Crippen molar-refractivity contribution in [2.24, 2.45) is 5.10 Å². The molecule has 0 heterocycles. The molecule has 0 atom stereocenters. The molecule has 0 saturated heterocycles. The first kappa shape index (κ1) is 22.3. The molecular formula is C22H23N3O5. The van der Waals surface area contributed by atoms with Crippen LogP contribution in [0.3, 0.4) is 0 Å². The lowest BCUT2D eigenvalue weighted by Crippen LogP contribution is -2.35. The average molecular weight is 409 g/mol. The van der Waals surface area contributed by atoms with E-state index in [1.54, 1.807) is 42.5 Å². The Bertz CT molecular complexity index is 950. The number of hydrogen-bond acceptors (Lipinski definition) is 6. The van der Waals surface area contributed by atoms with E-state index in [-0.39, 0.29) is 13.2 Å². The number of terminal acetylenes is 1. The maximum absolute atomic E-state index is 12.2. The topological polar surface area (TPSA) is 98.2 Å². The van der Waals surface area contributed by atoms with E-state index >= 15 is 0 Å². The first-order chi connectivity index (χ1) is 14.6. The molecule has 2 aromatic carbocycles. The Hall–Kier alpha value is -3.99. The molecule has 0 aliphatic rings. The Balaban J connectivity index is 1.90. The summed E-state index contributed by atoms with van der Waals surface area (Å²) in [6.07, 6.45) is 6.66. The summed E-state index contributed by atoms with van der Waals surface area (Å²) in [5, 5.41) is 6.41. The van der Waals surface area contributed by atoms with Gasteiger partial charge in [-0.2, -0.15) is 5.10 Å². The van der Waals surface area contributed by atoms with Crippen molar-refractivity contribution in [2.75, 3.05) is 26.9 Å². The number of ether oxygens (including phenoxy) is 3. The van der Waals surface area contributed by atoms with E-state index in [0.29, 0.717) is 35.0 Å². The Morgan fingerprint density at radius 3 is 2.67 bits per heavy atom. The van der Waals surface area contributed by atoms with E-state index in [0.717, 1.165) is 0 Å². The minimum atomic E-state index is -0.478. The lowest BCUT2D eigenvalue weighted by molar-refractivity contribution is -0.120. The highest BCUT2D eigenvalue weighted by molar-refractivity contribution is 5.98. The predicted octanol–water partition coefficient (Wildman–Crippen LogP) is 1.99. The van der Waals surface area contributed by atoms with Gasteiger partial charge in [0.2, 0.25) is 0 Å². The number of nitrogens with one attached hydrogen (secondary N) is 2. The quantitative estimate of drug-likeness (QED) is 0.355. The average Bonchev–Trinajstić information content (AvgIpc) is 2.77. The van der Waals surface area contributed by atoms with Crippen LogP contribution in [-0.2, 0) is 4.79 Å². The highest BCUT2D eigenvalue weighted by atomic mass is 16.5. The summed E-state index contributed by atoms with van der Waals surface area (Å²) in [4.78, 5) is 24.1. The van der Waals surface area contributed by atoms with Crippen molar-refractivity contribution in [1.82, 2.24) is 10.7 Å². The molecule has 0 spiro atoms. The minimum Gasteiger partial charge on any atom is -0.496 e. The molecule has 0 fully saturated rings. The first-order valence-corrected chi connectivity index (χ1v) is 9.15.